The van der Waals surface area contributed by atoms with Gasteiger partial charge in [0.1, 0.15) is 16.0 Å². The molecule has 2 fully saturated rings. The van der Waals surface area contributed by atoms with Crippen LogP contribution in [-0.2, 0) is 24.9 Å². The number of hydrogen-bond acceptors (Lipinski definition) is 6. The number of pyridine rings is 1. The van der Waals surface area contributed by atoms with Crippen molar-refractivity contribution in [3.8, 4) is 5.75 Å². The van der Waals surface area contributed by atoms with Crippen LogP contribution in [-0.4, -0.2) is 51.8 Å². The minimum Gasteiger partial charge on any atom is -0.493 e. The number of halogens is 1. The third-order valence-corrected chi connectivity index (χ3v) is 6.44. The van der Waals surface area contributed by atoms with Crippen LogP contribution in [0, 0.1) is 5.92 Å². The first-order chi connectivity index (χ1) is 10.4. The van der Waals surface area contributed by atoms with Crippen LogP contribution < -0.4 is 4.74 Å². The molecule has 3 heterocycles. The molecule has 3 rings (SSSR count). The second-order valence-electron chi connectivity index (χ2n) is 5.77. The van der Waals surface area contributed by atoms with Gasteiger partial charge in [0, 0.05) is 38.2 Å². The van der Waals surface area contributed by atoms with Gasteiger partial charge >= 0.3 is 0 Å². The van der Waals surface area contributed by atoms with E-state index in [1.807, 2.05) is 6.07 Å². The highest BCUT2D eigenvalue weighted by Gasteiger charge is 2.39. The molecule has 0 bridgehead atoms. The summed E-state index contributed by atoms with van der Waals surface area (Å²) in [5.74, 6) is 1.15. The number of methoxy groups -OCH3 is 1. The average molecular weight is 392 g/mol. The predicted octanol–water partition coefficient (Wildman–Crippen LogP) is 1.53. The monoisotopic (exact) mass is 391 g/mol. The van der Waals surface area contributed by atoms with Gasteiger partial charge in [0.25, 0.3) is 0 Å². The van der Waals surface area contributed by atoms with Crippen molar-refractivity contribution in [1.29, 1.82) is 0 Å². The summed E-state index contributed by atoms with van der Waals surface area (Å²) in [4.78, 5) is 4.48. The summed E-state index contributed by atoms with van der Waals surface area (Å²) in [6.45, 7) is 1.50. The summed E-state index contributed by atoms with van der Waals surface area (Å²) in [5, 5.41) is 0. The molecule has 0 saturated carbocycles. The number of ether oxygens (including phenoxy) is 3. The fourth-order valence-electron chi connectivity index (χ4n) is 2.78. The Morgan fingerprint density at radius 2 is 2.23 bits per heavy atom. The van der Waals surface area contributed by atoms with Crippen LogP contribution in [0.15, 0.2) is 16.7 Å². The van der Waals surface area contributed by atoms with Gasteiger partial charge in [0.15, 0.2) is 9.84 Å². The van der Waals surface area contributed by atoms with Crippen LogP contribution in [0.4, 0.5) is 0 Å². The summed E-state index contributed by atoms with van der Waals surface area (Å²) in [7, 11) is -1.17. The average Bonchev–Trinajstić information content (AvgIpc) is 2.92. The topological polar surface area (TPSA) is 74.7 Å². The zero-order valence-electron chi connectivity index (χ0n) is 12.2. The Balaban J connectivity index is 1.72. The van der Waals surface area contributed by atoms with Crippen molar-refractivity contribution in [2.75, 3.05) is 38.4 Å². The van der Waals surface area contributed by atoms with Gasteiger partial charge in [0.05, 0.1) is 30.4 Å². The summed E-state index contributed by atoms with van der Waals surface area (Å²) >= 11 is 3.39. The Morgan fingerprint density at radius 3 is 2.82 bits per heavy atom. The molecule has 2 aliphatic rings. The molecule has 2 aliphatic heterocycles. The van der Waals surface area contributed by atoms with Crippen LogP contribution in [0.3, 0.4) is 0 Å². The molecule has 1 aromatic heterocycles. The van der Waals surface area contributed by atoms with Gasteiger partial charge in [-0.15, -0.1) is 0 Å². The van der Waals surface area contributed by atoms with Crippen molar-refractivity contribution >= 4 is 25.8 Å². The fraction of sp³-hybridized carbons (Fsp3) is 0.643. The highest BCUT2D eigenvalue weighted by molar-refractivity contribution is 9.10. The number of hydrogen-bond donors (Lipinski definition) is 0. The van der Waals surface area contributed by atoms with Gasteiger partial charge in [-0.05, 0) is 15.9 Å². The molecular weight excluding hydrogens is 374 g/mol. The smallest absolute Gasteiger partial charge is 0.151 e. The Labute approximate surface area is 138 Å². The van der Waals surface area contributed by atoms with E-state index in [9.17, 15) is 8.42 Å². The Kier molecular flexibility index (Phi) is 4.46. The van der Waals surface area contributed by atoms with Crippen LogP contribution in [0.5, 0.6) is 5.75 Å². The lowest BCUT2D eigenvalue weighted by atomic mass is 9.98. The maximum Gasteiger partial charge on any atom is 0.151 e. The molecule has 2 saturated heterocycles. The van der Waals surface area contributed by atoms with Crippen molar-refractivity contribution in [3.63, 3.8) is 0 Å². The minimum atomic E-state index is -2.82. The first-order valence-corrected chi connectivity index (χ1v) is 9.68. The van der Waals surface area contributed by atoms with Crippen LogP contribution in [0.25, 0.3) is 0 Å². The van der Waals surface area contributed by atoms with Crippen LogP contribution in [0.2, 0.25) is 0 Å². The van der Waals surface area contributed by atoms with E-state index in [0.29, 0.717) is 30.2 Å². The zero-order valence-corrected chi connectivity index (χ0v) is 14.7. The van der Waals surface area contributed by atoms with E-state index >= 15 is 0 Å². The Bertz CT molecular complexity index is 645. The molecule has 6 nitrogen and oxygen atoms in total. The lowest BCUT2D eigenvalue weighted by Gasteiger charge is -2.27. The van der Waals surface area contributed by atoms with E-state index in [4.69, 9.17) is 14.2 Å². The van der Waals surface area contributed by atoms with E-state index < -0.39 is 15.4 Å². The van der Waals surface area contributed by atoms with E-state index in [2.05, 4.69) is 20.9 Å². The Hall–Kier alpha value is -0.700. The van der Waals surface area contributed by atoms with E-state index in [0.717, 1.165) is 12.1 Å². The fourth-order valence-corrected chi connectivity index (χ4v) is 4.73. The molecule has 0 aromatic carbocycles. The highest BCUT2D eigenvalue weighted by Crippen LogP contribution is 2.35. The van der Waals surface area contributed by atoms with Crippen molar-refractivity contribution in [3.05, 3.63) is 22.4 Å². The molecule has 0 radical (unpaired) electrons. The van der Waals surface area contributed by atoms with Crippen molar-refractivity contribution < 1.29 is 22.6 Å². The van der Waals surface area contributed by atoms with Gasteiger partial charge in [-0.25, -0.2) is 13.4 Å². The molecule has 122 valence electrons. The second-order valence-corrected chi connectivity index (χ2v) is 8.73. The van der Waals surface area contributed by atoms with E-state index in [1.165, 1.54) is 0 Å². The molecule has 0 unspecified atom stereocenters. The standard InChI is InChI=1S/C14H18BrNO5S/c1-19-14(2-3-20-9-14)12-4-11(5-13(15)16-12)21-6-10-7-22(17,18)8-10/h4-5,10H,2-3,6-9H2,1H3/t14-/m0/s1. The molecule has 0 aliphatic carbocycles. The summed E-state index contributed by atoms with van der Waals surface area (Å²) in [6.07, 6.45) is 0.743. The number of nitrogens with zero attached hydrogens (tertiary/aromatic N) is 1. The van der Waals surface area contributed by atoms with Crippen LogP contribution >= 0.6 is 15.9 Å². The molecule has 0 amide bonds. The van der Waals surface area contributed by atoms with Gasteiger partial charge < -0.3 is 14.2 Å². The second kappa shape index (κ2) is 6.07. The highest BCUT2D eigenvalue weighted by atomic mass is 79.9. The third-order valence-electron chi connectivity index (χ3n) is 4.08. The van der Waals surface area contributed by atoms with E-state index in [-0.39, 0.29) is 17.4 Å². The van der Waals surface area contributed by atoms with E-state index in [1.54, 1.807) is 13.2 Å². The van der Waals surface area contributed by atoms with Gasteiger partial charge in [-0.1, -0.05) is 0 Å². The largest absolute Gasteiger partial charge is 0.493 e. The maximum absolute atomic E-state index is 11.2. The summed E-state index contributed by atoms with van der Waals surface area (Å²) < 4.78 is 39.8. The number of sulfone groups is 1. The third kappa shape index (κ3) is 3.29. The van der Waals surface area contributed by atoms with Gasteiger partial charge in [-0.3, -0.25) is 0 Å². The first-order valence-electron chi connectivity index (χ1n) is 7.07. The summed E-state index contributed by atoms with van der Waals surface area (Å²) in [6, 6.07) is 3.62. The maximum atomic E-state index is 11.2. The van der Waals surface area contributed by atoms with Crippen LogP contribution in [0.1, 0.15) is 12.1 Å². The molecular formula is C14H18BrNO5S. The number of aromatic nitrogens is 1. The first kappa shape index (κ1) is 16.2. The zero-order chi connectivity index (χ0) is 15.8. The summed E-state index contributed by atoms with van der Waals surface area (Å²) in [5.41, 5.74) is 0.222. The molecule has 8 heteroatoms. The van der Waals surface area contributed by atoms with Gasteiger partial charge in [-0.2, -0.15) is 0 Å². The molecule has 1 atom stereocenters. The van der Waals surface area contributed by atoms with Crippen molar-refractivity contribution in [1.82, 2.24) is 4.98 Å². The molecule has 0 N–H and O–H groups in total. The Morgan fingerprint density at radius 1 is 1.45 bits per heavy atom. The lowest BCUT2D eigenvalue weighted by Crippen LogP contribution is -2.39. The SMILES string of the molecule is CO[C@@]1(c2cc(OCC3CS(=O)(=O)C3)cc(Br)n2)CCOC1. The molecule has 22 heavy (non-hydrogen) atoms. The van der Waals surface area contributed by atoms with Crippen molar-refractivity contribution in [2.45, 2.75) is 12.0 Å². The molecule has 1 aromatic rings. The predicted molar refractivity (Wildman–Crippen MR) is 83.7 cm³/mol. The lowest BCUT2D eigenvalue weighted by molar-refractivity contribution is -0.0248. The van der Waals surface area contributed by atoms with Gasteiger partial charge in [0.2, 0.25) is 0 Å². The molecule has 0 spiro atoms. The number of rotatable bonds is 5. The quantitative estimate of drug-likeness (QED) is 0.708. The minimum absolute atomic E-state index is 0.0755. The van der Waals surface area contributed by atoms with Crippen molar-refractivity contribution in [2.24, 2.45) is 5.92 Å². The normalized spacial score (nSPS) is 27.5.